The Hall–Kier alpha value is -11.3. The highest BCUT2D eigenvalue weighted by molar-refractivity contribution is 5.86. The van der Waals surface area contributed by atoms with Crippen molar-refractivity contribution in [3.8, 4) is 62.5 Å². The molecule has 12 aromatic rings. The zero-order chi connectivity index (χ0) is 75.8. The summed E-state index contributed by atoms with van der Waals surface area (Å²) < 4.78 is 135. The third-order valence-corrected chi connectivity index (χ3v) is 16.9. The molecule has 0 spiro atoms. The van der Waals surface area contributed by atoms with Crippen LogP contribution in [0.25, 0.3) is 66.9 Å². The average molecular weight is 1520 g/mol. The Labute approximate surface area is 629 Å². The van der Waals surface area contributed by atoms with Gasteiger partial charge in [0.15, 0.2) is 11.6 Å². The van der Waals surface area contributed by atoms with Crippen molar-refractivity contribution in [1.29, 1.82) is 0 Å². The van der Waals surface area contributed by atoms with Crippen molar-refractivity contribution in [2.75, 3.05) is 103 Å². The number of nitrogens with zero attached hydrogens (tertiary/aromatic N) is 15. The van der Waals surface area contributed by atoms with E-state index < -0.39 is 37.0 Å². The smallest absolute Gasteiger partial charge is 0.401 e. The van der Waals surface area contributed by atoms with Gasteiger partial charge >= 0.3 is 12.4 Å². The van der Waals surface area contributed by atoms with Crippen molar-refractivity contribution in [3.63, 3.8) is 0 Å². The largest absolute Gasteiger partial charge is 0.497 e. The quantitative estimate of drug-likeness (QED) is 0.0306. The number of hydrogen-bond acceptors (Lipinski definition) is 20. The predicted molar refractivity (Wildman–Crippen MR) is 413 cm³/mol. The summed E-state index contributed by atoms with van der Waals surface area (Å²) >= 11 is 0. The van der Waals surface area contributed by atoms with Crippen molar-refractivity contribution in [3.05, 3.63) is 170 Å². The highest BCUT2D eigenvalue weighted by Gasteiger charge is 2.28. The second kappa shape index (κ2) is 38.5. The number of aromatic nitrogens is 12. The van der Waals surface area contributed by atoms with Crippen LogP contribution in [0.3, 0.4) is 0 Å². The summed E-state index contributed by atoms with van der Waals surface area (Å²) in [5, 5.41) is 21.4. The maximum absolute atomic E-state index is 14.3. The first kappa shape index (κ1) is 84.9. The van der Waals surface area contributed by atoms with Crippen LogP contribution >= 0.6 is 0 Å². The molecule has 0 saturated heterocycles. The highest BCUT2D eigenvalue weighted by Crippen LogP contribution is 2.38. The van der Waals surface area contributed by atoms with Gasteiger partial charge in [0, 0.05) is 184 Å². The van der Waals surface area contributed by atoms with Gasteiger partial charge in [-0.1, -0.05) is 36.1 Å². The van der Waals surface area contributed by atoms with Gasteiger partial charge in [-0.2, -0.15) is 46.0 Å². The summed E-state index contributed by atoms with van der Waals surface area (Å²) in [6, 6.07) is 31.2. The van der Waals surface area contributed by atoms with Crippen LogP contribution in [0.2, 0.25) is 0 Å². The number of benzene rings is 6. The predicted octanol–water partition coefficient (Wildman–Crippen LogP) is 16.1. The molecule has 6 aromatic carbocycles. The number of hydrogen-bond donors (Lipinski definition) is 3. The molecule has 23 nitrogen and oxygen atoms in total. The highest BCUT2D eigenvalue weighted by atomic mass is 19.4. The van der Waals surface area contributed by atoms with Gasteiger partial charge in [-0.25, -0.2) is 19.3 Å². The van der Waals surface area contributed by atoms with Gasteiger partial charge in [0.05, 0.1) is 136 Å². The number of methoxy groups -OCH3 is 5. The first-order chi connectivity index (χ1) is 50.8. The number of aryl methyl sites for hydroxylation is 3. The van der Waals surface area contributed by atoms with Crippen molar-refractivity contribution < 1.29 is 58.8 Å². The molecule has 0 aliphatic carbocycles. The monoisotopic (exact) mass is 1510 g/mol. The molecule has 6 aromatic heterocycles. The van der Waals surface area contributed by atoms with E-state index in [0.29, 0.717) is 64.3 Å². The molecule has 0 amide bonds. The van der Waals surface area contributed by atoms with Crippen molar-refractivity contribution in [2.45, 2.75) is 74.3 Å². The van der Waals surface area contributed by atoms with Crippen molar-refractivity contribution >= 4 is 67.2 Å². The van der Waals surface area contributed by atoms with Gasteiger partial charge < -0.3 is 54.3 Å². The molecule has 0 aliphatic rings. The second-order valence-corrected chi connectivity index (χ2v) is 24.8. The minimum atomic E-state index is -4.32. The molecule has 0 saturated carbocycles. The van der Waals surface area contributed by atoms with Gasteiger partial charge in [0.25, 0.3) is 0 Å². The Morgan fingerprint density at radius 1 is 0.450 bits per heavy atom. The Balaban J connectivity index is 0.000000225. The normalized spacial score (nSPS) is 11.2. The topological polar surface area (TPSA) is 223 Å². The molecule has 582 valence electrons. The average Bonchev–Trinajstić information content (AvgIpc) is 1.63. The van der Waals surface area contributed by atoms with Crippen LogP contribution in [-0.4, -0.2) is 166 Å². The zero-order valence-corrected chi connectivity index (χ0v) is 60.4. The van der Waals surface area contributed by atoms with E-state index in [9.17, 15) is 35.1 Å². The second-order valence-electron chi connectivity index (χ2n) is 24.8. The molecular weight excluding hydrogens is 1420 g/mol. The lowest BCUT2D eigenvalue weighted by molar-refractivity contribution is -0.133. The van der Waals surface area contributed by atoms with E-state index in [2.05, 4.69) is 82.1 Å². The summed E-state index contributed by atoms with van der Waals surface area (Å²) in [7, 11) is 13.2. The van der Waals surface area contributed by atoms with Crippen LogP contribution in [0.15, 0.2) is 153 Å². The standard InChI is InChI=1S/C26H32N6O2.C25H27F3N6O2.C24H23F5N6O.3CH4/c1-17(2)27-9-10-32(20-11-21(33-5)14-22(12-20)34-6)19-7-8-24-25(13-19)30-26(16-28-24)23-15-29-31(4)18(23)3;1-33-16-17(14-31-33)24-15-30-22-5-4-18(12-23(22)32-24)34(9-8-29-7-6-25(26,27)28)19-10-20(35-2)13-21(11-19)36-3;1-34-13-15(11-32-34)21-12-31-19-5-4-16(9-20(19)33-21)35(7-3-6-30-14-24(27,28)29)17-8-18(25)23(26)22(10-17)36-2;;;/h7-8,11-17,27H,9-10H2,1-6H3;4-5,10-16,29H,6-9H2,1-3H3;4-5,8-13,30H,3,6-7,14H2,1-2H3;3*1H4. The Morgan fingerprint density at radius 3 is 1.29 bits per heavy atom. The Kier molecular flexibility index (Phi) is 30.0. The number of fused-ring (bicyclic) bond motifs is 3. The number of nitrogens with one attached hydrogen (secondary N) is 3. The minimum Gasteiger partial charge on any atom is -0.497 e. The van der Waals surface area contributed by atoms with E-state index in [0.717, 1.165) is 98.0 Å². The Bertz CT molecular complexity index is 4890. The summed E-state index contributed by atoms with van der Waals surface area (Å²) in [5.41, 5.74) is 14.4. The first-order valence-corrected chi connectivity index (χ1v) is 33.7. The van der Waals surface area contributed by atoms with Gasteiger partial charge in [-0.05, 0) is 74.5 Å². The van der Waals surface area contributed by atoms with Crippen molar-refractivity contribution in [1.82, 2.24) is 75.2 Å². The van der Waals surface area contributed by atoms with Gasteiger partial charge in [-0.3, -0.25) is 29.0 Å². The Morgan fingerprint density at radius 2 is 0.890 bits per heavy atom. The summed E-state index contributed by atoms with van der Waals surface area (Å²) in [6.07, 6.45) is 4.90. The zero-order valence-electron chi connectivity index (χ0n) is 60.4. The lowest BCUT2D eigenvalue weighted by Crippen LogP contribution is -2.32. The lowest BCUT2D eigenvalue weighted by Gasteiger charge is -2.27. The molecule has 6 heterocycles. The lowest BCUT2D eigenvalue weighted by atomic mass is 10.1. The molecule has 0 unspecified atom stereocenters. The first-order valence-electron chi connectivity index (χ1n) is 33.7. The van der Waals surface area contributed by atoms with E-state index in [1.807, 2.05) is 104 Å². The molecule has 0 fully saturated rings. The SMILES string of the molecule is C.C.C.COc1cc(N(CCCNCC(F)(F)F)c2ccc3ncc(-c4cnn(C)c4)nc3c2)cc(F)c1F.COc1cc(OC)cc(N(CCNC(C)C)c2ccc3ncc(-c4cnn(C)c4C)nc3c2)c1.COc1cc(OC)cc(N(CCNCCC(F)(F)F)c2ccc3ncc(-c4cnn(C)c4)nc3c2)c1. The van der Waals surface area contributed by atoms with Gasteiger partial charge in [-0.15, -0.1) is 0 Å². The maximum Gasteiger partial charge on any atom is 0.401 e. The molecule has 109 heavy (non-hydrogen) atoms. The van der Waals surface area contributed by atoms with Gasteiger partial charge in [0.1, 0.15) is 23.0 Å². The molecular formula is C78H94F8N18O5. The number of anilines is 6. The molecule has 0 aliphatic heterocycles. The van der Waals surface area contributed by atoms with E-state index >= 15 is 0 Å². The fraction of sp³-hybridized carbons (Fsp3) is 0.346. The van der Waals surface area contributed by atoms with Gasteiger partial charge in [0.2, 0.25) is 5.82 Å². The van der Waals surface area contributed by atoms with Crippen LogP contribution < -0.4 is 54.3 Å². The van der Waals surface area contributed by atoms with E-state index in [4.69, 9.17) is 33.7 Å². The number of alkyl halides is 6. The fourth-order valence-electron chi connectivity index (χ4n) is 11.3. The molecule has 31 heteroatoms. The van der Waals surface area contributed by atoms with Crippen LogP contribution in [0.4, 0.5) is 69.2 Å². The number of rotatable bonds is 28. The molecule has 0 bridgehead atoms. The molecule has 0 radical (unpaired) electrons. The third-order valence-electron chi connectivity index (χ3n) is 16.9. The van der Waals surface area contributed by atoms with E-state index in [-0.39, 0.29) is 59.8 Å². The maximum atomic E-state index is 14.3. The number of halogens is 8. The summed E-state index contributed by atoms with van der Waals surface area (Å²) in [6.45, 7) is 7.62. The molecule has 3 N–H and O–H groups in total. The molecule has 0 atom stereocenters. The van der Waals surface area contributed by atoms with Crippen molar-refractivity contribution in [2.24, 2.45) is 21.1 Å². The third kappa shape index (κ3) is 22.6. The fourth-order valence-corrected chi connectivity index (χ4v) is 11.3. The number of ether oxygens (including phenoxy) is 5. The van der Waals surface area contributed by atoms with Crippen LogP contribution in [-0.2, 0) is 21.1 Å². The molecule has 12 rings (SSSR count). The van der Waals surface area contributed by atoms with E-state index in [1.54, 1.807) is 105 Å². The minimum absolute atomic E-state index is 0. The summed E-state index contributed by atoms with van der Waals surface area (Å²) in [5.74, 6) is 0.155. The van der Waals surface area contributed by atoms with Crippen LogP contribution in [0, 0.1) is 18.6 Å². The van der Waals surface area contributed by atoms with Crippen LogP contribution in [0.5, 0.6) is 28.7 Å². The van der Waals surface area contributed by atoms with Crippen LogP contribution in [0.1, 0.15) is 54.7 Å². The summed E-state index contributed by atoms with van der Waals surface area (Å²) in [4.78, 5) is 33.8. The van der Waals surface area contributed by atoms with E-state index in [1.165, 1.54) is 13.2 Å².